The van der Waals surface area contributed by atoms with Crippen molar-refractivity contribution in [3.05, 3.63) is 23.7 Å². The maximum Gasteiger partial charge on any atom is 0.157 e. The van der Waals surface area contributed by atoms with E-state index in [9.17, 15) is 0 Å². The van der Waals surface area contributed by atoms with Crippen LogP contribution in [0.15, 0.2) is 12.3 Å². The third kappa shape index (κ3) is 1.60. The van der Waals surface area contributed by atoms with Crippen LogP contribution in [0.2, 0.25) is 0 Å². The highest BCUT2D eigenvalue weighted by molar-refractivity contribution is 6.16. The number of fused-ring (bicyclic) bond motifs is 1. The molecule has 0 atom stereocenters. The molecule has 0 aliphatic rings. The van der Waals surface area contributed by atoms with Gasteiger partial charge in [-0.2, -0.15) is 0 Å². The molecule has 4 heteroatoms. The van der Waals surface area contributed by atoms with Gasteiger partial charge in [0.05, 0.1) is 5.88 Å². The van der Waals surface area contributed by atoms with Gasteiger partial charge in [0.15, 0.2) is 5.65 Å². The van der Waals surface area contributed by atoms with Crippen molar-refractivity contribution < 1.29 is 0 Å². The molecule has 0 unspecified atom stereocenters. The maximum atomic E-state index is 5.71. The minimum atomic E-state index is 0.405. The van der Waals surface area contributed by atoms with E-state index in [1.807, 2.05) is 12.3 Å². The van der Waals surface area contributed by atoms with Crippen molar-refractivity contribution >= 4 is 22.8 Å². The molecule has 0 aromatic carbocycles. The highest BCUT2D eigenvalue weighted by atomic mass is 35.5. The summed E-state index contributed by atoms with van der Waals surface area (Å²) in [6.45, 7) is 2.15. The second kappa shape index (κ2) is 3.96. The number of hydrogen-bond acceptors (Lipinski definition) is 2. The van der Waals surface area contributed by atoms with Crippen molar-refractivity contribution in [2.24, 2.45) is 0 Å². The highest BCUT2D eigenvalue weighted by Crippen LogP contribution is 2.16. The number of aromatic nitrogens is 3. The van der Waals surface area contributed by atoms with Crippen LogP contribution >= 0.6 is 11.6 Å². The summed E-state index contributed by atoms with van der Waals surface area (Å²) in [5.41, 5.74) is 3.04. The van der Waals surface area contributed by atoms with Crippen molar-refractivity contribution in [1.82, 2.24) is 15.0 Å². The van der Waals surface area contributed by atoms with Crippen LogP contribution in [0.25, 0.3) is 11.2 Å². The summed E-state index contributed by atoms with van der Waals surface area (Å²) in [4.78, 5) is 11.7. The van der Waals surface area contributed by atoms with E-state index in [4.69, 9.17) is 11.6 Å². The SMILES string of the molecule is CCCc1ccnc2[nH]c(CCl)nc12. The van der Waals surface area contributed by atoms with Crippen molar-refractivity contribution in [3.63, 3.8) is 0 Å². The average Bonchev–Trinajstić information content (AvgIpc) is 2.62. The van der Waals surface area contributed by atoms with E-state index in [1.54, 1.807) is 0 Å². The van der Waals surface area contributed by atoms with Gasteiger partial charge in [0.2, 0.25) is 0 Å². The molecule has 1 N–H and O–H groups in total. The van der Waals surface area contributed by atoms with Gasteiger partial charge in [0.1, 0.15) is 11.3 Å². The van der Waals surface area contributed by atoms with Gasteiger partial charge in [-0.3, -0.25) is 0 Å². The van der Waals surface area contributed by atoms with Gasteiger partial charge in [-0.05, 0) is 18.1 Å². The number of imidazole rings is 1. The zero-order valence-corrected chi connectivity index (χ0v) is 8.80. The van der Waals surface area contributed by atoms with Gasteiger partial charge in [-0.25, -0.2) is 9.97 Å². The number of alkyl halides is 1. The second-order valence-corrected chi connectivity index (χ2v) is 3.50. The average molecular weight is 210 g/mol. The van der Waals surface area contributed by atoms with E-state index in [-0.39, 0.29) is 0 Å². The van der Waals surface area contributed by atoms with E-state index in [0.717, 1.165) is 29.8 Å². The lowest BCUT2D eigenvalue weighted by Crippen LogP contribution is -1.87. The van der Waals surface area contributed by atoms with Gasteiger partial charge < -0.3 is 4.98 Å². The Morgan fingerprint density at radius 2 is 2.36 bits per heavy atom. The Morgan fingerprint density at radius 3 is 3.07 bits per heavy atom. The molecule has 2 heterocycles. The Labute approximate surface area is 87.5 Å². The molecule has 0 saturated heterocycles. The fourth-order valence-corrected chi connectivity index (χ4v) is 1.67. The van der Waals surface area contributed by atoms with E-state index in [0.29, 0.717) is 5.88 Å². The molecule has 2 aromatic rings. The molecule has 0 fully saturated rings. The summed E-state index contributed by atoms with van der Waals surface area (Å²) in [7, 11) is 0. The molecule has 74 valence electrons. The van der Waals surface area contributed by atoms with Gasteiger partial charge in [-0.15, -0.1) is 11.6 Å². The molecule has 2 rings (SSSR count). The van der Waals surface area contributed by atoms with Crippen LogP contribution in [0.5, 0.6) is 0 Å². The molecule has 0 aliphatic heterocycles. The molecule has 3 nitrogen and oxygen atoms in total. The minimum absolute atomic E-state index is 0.405. The summed E-state index contributed by atoms with van der Waals surface area (Å²) in [5.74, 6) is 1.19. The molecule has 0 amide bonds. The number of rotatable bonds is 3. The van der Waals surface area contributed by atoms with Crippen LogP contribution < -0.4 is 0 Å². The van der Waals surface area contributed by atoms with Crippen molar-refractivity contribution in [2.75, 3.05) is 0 Å². The second-order valence-electron chi connectivity index (χ2n) is 3.23. The molecule has 0 spiro atoms. The van der Waals surface area contributed by atoms with Crippen LogP contribution in [-0.4, -0.2) is 15.0 Å². The molecule has 0 bridgehead atoms. The third-order valence-electron chi connectivity index (χ3n) is 2.16. The zero-order chi connectivity index (χ0) is 9.97. The molecule has 2 aromatic heterocycles. The Morgan fingerprint density at radius 1 is 1.50 bits per heavy atom. The van der Waals surface area contributed by atoms with Crippen LogP contribution in [0.3, 0.4) is 0 Å². The summed E-state index contributed by atoms with van der Waals surface area (Å²) >= 11 is 5.71. The first-order valence-electron chi connectivity index (χ1n) is 4.73. The summed E-state index contributed by atoms with van der Waals surface area (Å²) in [6.07, 6.45) is 3.96. The molecule has 14 heavy (non-hydrogen) atoms. The minimum Gasteiger partial charge on any atom is -0.326 e. The van der Waals surface area contributed by atoms with Crippen molar-refractivity contribution in [1.29, 1.82) is 0 Å². The number of halogens is 1. The van der Waals surface area contributed by atoms with Crippen LogP contribution in [-0.2, 0) is 12.3 Å². The number of aromatic amines is 1. The summed E-state index contributed by atoms with van der Waals surface area (Å²) < 4.78 is 0. The van der Waals surface area contributed by atoms with E-state index < -0.39 is 0 Å². The maximum absolute atomic E-state index is 5.71. The number of nitrogens with zero attached hydrogens (tertiary/aromatic N) is 2. The normalized spacial score (nSPS) is 11.0. The Balaban J connectivity index is 2.55. The lowest BCUT2D eigenvalue weighted by atomic mass is 10.1. The Kier molecular flexibility index (Phi) is 2.68. The summed E-state index contributed by atoms with van der Waals surface area (Å²) in [6, 6.07) is 2.02. The number of H-pyrrole nitrogens is 1. The van der Waals surface area contributed by atoms with E-state index >= 15 is 0 Å². The van der Waals surface area contributed by atoms with Crippen LogP contribution in [0.1, 0.15) is 24.7 Å². The predicted molar refractivity (Wildman–Crippen MR) is 57.4 cm³/mol. The first kappa shape index (κ1) is 9.46. The van der Waals surface area contributed by atoms with Crippen LogP contribution in [0, 0.1) is 0 Å². The Hall–Kier alpha value is -1.09. The monoisotopic (exact) mass is 209 g/mol. The predicted octanol–water partition coefficient (Wildman–Crippen LogP) is 2.65. The van der Waals surface area contributed by atoms with E-state index in [1.165, 1.54) is 5.56 Å². The third-order valence-corrected chi connectivity index (χ3v) is 2.42. The number of aryl methyl sites for hydroxylation is 1. The highest BCUT2D eigenvalue weighted by Gasteiger charge is 2.06. The molecular weight excluding hydrogens is 198 g/mol. The lowest BCUT2D eigenvalue weighted by molar-refractivity contribution is 0.925. The van der Waals surface area contributed by atoms with E-state index in [2.05, 4.69) is 21.9 Å². The topological polar surface area (TPSA) is 41.6 Å². The molecule has 0 aliphatic carbocycles. The number of pyridine rings is 1. The summed E-state index contributed by atoms with van der Waals surface area (Å²) in [5, 5.41) is 0. The lowest BCUT2D eigenvalue weighted by Gasteiger charge is -1.97. The standard InChI is InChI=1S/C10H12ClN3/c1-2-3-7-4-5-12-10-9(7)13-8(6-11)14-10/h4-5H,2-3,6H2,1H3,(H,12,13,14). The number of hydrogen-bond donors (Lipinski definition) is 1. The van der Waals surface area contributed by atoms with Gasteiger partial charge in [0, 0.05) is 6.20 Å². The smallest absolute Gasteiger partial charge is 0.157 e. The molecular formula is C10H12ClN3. The molecule has 0 radical (unpaired) electrons. The van der Waals surface area contributed by atoms with Gasteiger partial charge in [-0.1, -0.05) is 13.3 Å². The van der Waals surface area contributed by atoms with Gasteiger partial charge >= 0.3 is 0 Å². The fraction of sp³-hybridized carbons (Fsp3) is 0.400. The Bertz CT molecular complexity index is 436. The number of nitrogens with one attached hydrogen (secondary N) is 1. The molecule has 0 saturated carbocycles. The van der Waals surface area contributed by atoms with Crippen molar-refractivity contribution in [3.8, 4) is 0 Å². The van der Waals surface area contributed by atoms with Crippen LogP contribution in [0.4, 0.5) is 0 Å². The first-order chi connectivity index (χ1) is 6.85. The zero-order valence-electron chi connectivity index (χ0n) is 8.05. The van der Waals surface area contributed by atoms with Crippen molar-refractivity contribution in [2.45, 2.75) is 25.6 Å². The van der Waals surface area contributed by atoms with Gasteiger partial charge in [0.25, 0.3) is 0 Å². The largest absolute Gasteiger partial charge is 0.326 e. The first-order valence-corrected chi connectivity index (χ1v) is 5.27. The fourth-order valence-electron chi connectivity index (χ4n) is 1.54. The quantitative estimate of drug-likeness (QED) is 0.790.